The van der Waals surface area contributed by atoms with Crippen molar-refractivity contribution < 1.29 is 31.1 Å². The number of alkyl halides is 3. The van der Waals surface area contributed by atoms with Crippen LogP contribution < -0.4 is 10.1 Å². The number of fused-ring (bicyclic) bond motifs is 1. The van der Waals surface area contributed by atoms with E-state index in [9.17, 15) is 26.4 Å². The number of rotatable bonds is 4. The number of carbonyl (C=O) groups is 1. The monoisotopic (exact) mass is 467 g/mol. The number of amides is 1. The zero-order chi connectivity index (χ0) is 22.9. The molecule has 0 aromatic heterocycles. The number of ether oxygens (including phenoxy) is 1. The number of amidine groups is 1. The third kappa shape index (κ3) is 4.72. The fourth-order valence-electron chi connectivity index (χ4n) is 3.79. The van der Waals surface area contributed by atoms with Crippen molar-refractivity contribution in [2.75, 3.05) is 25.0 Å². The van der Waals surface area contributed by atoms with E-state index in [2.05, 4.69) is 9.71 Å². The lowest BCUT2D eigenvalue weighted by Crippen LogP contribution is -2.43. The molecule has 1 fully saturated rings. The Morgan fingerprint density at radius 1 is 1.16 bits per heavy atom. The third-order valence-corrected chi connectivity index (χ3v) is 6.57. The molecule has 4 rings (SSSR count). The predicted molar refractivity (Wildman–Crippen MR) is 111 cm³/mol. The minimum atomic E-state index is -4.50. The fraction of sp³-hybridized carbons (Fsp3) is 0.333. The maximum atomic E-state index is 12.9. The quantitative estimate of drug-likeness (QED) is 0.745. The summed E-state index contributed by atoms with van der Waals surface area (Å²) in [4.78, 5) is 14.8. The molecule has 2 aliphatic heterocycles. The Morgan fingerprint density at radius 2 is 1.88 bits per heavy atom. The van der Waals surface area contributed by atoms with Crippen molar-refractivity contribution in [2.45, 2.75) is 23.9 Å². The van der Waals surface area contributed by atoms with Gasteiger partial charge in [-0.25, -0.2) is 0 Å². The normalized spacial score (nSPS) is 19.8. The Kier molecular flexibility index (Phi) is 5.85. The van der Waals surface area contributed by atoms with Crippen molar-refractivity contribution in [3.05, 3.63) is 54.1 Å². The van der Waals surface area contributed by atoms with Crippen LogP contribution in [0.1, 0.15) is 18.4 Å². The van der Waals surface area contributed by atoms with Crippen LogP contribution in [0.25, 0.3) is 0 Å². The minimum Gasteiger partial charge on any atom is -0.482 e. The average Bonchev–Trinajstić information content (AvgIpc) is 3.04. The Balaban J connectivity index is 1.48. The van der Waals surface area contributed by atoms with E-state index in [0.29, 0.717) is 30.8 Å². The second-order valence-corrected chi connectivity index (χ2v) is 9.13. The van der Waals surface area contributed by atoms with Gasteiger partial charge in [-0.05, 0) is 37.1 Å². The summed E-state index contributed by atoms with van der Waals surface area (Å²) in [6, 6.07) is 12.4. The molecule has 2 aromatic rings. The van der Waals surface area contributed by atoms with Gasteiger partial charge >= 0.3 is 6.18 Å². The summed E-state index contributed by atoms with van der Waals surface area (Å²) in [6.45, 7) is -0.692. The number of piperidine rings is 1. The second-order valence-electron chi connectivity index (χ2n) is 7.56. The molecule has 32 heavy (non-hydrogen) atoms. The summed E-state index contributed by atoms with van der Waals surface area (Å²) in [7, 11) is -3.78. The molecule has 7 nitrogen and oxygen atoms in total. The van der Waals surface area contributed by atoms with E-state index in [4.69, 9.17) is 4.74 Å². The largest absolute Gasteiger partial charge is 0.482 e. The van der Waals surface area contributed by atoms with Gasteiger partial charge in [0.1, 0.15) is 10.6 Å². The van der Waals surface area contributed by atoms with Crippen molar-refractivity contribution in [3.63, 3.8) is 0 Å². The van der Waals surface area contributed by atoms with E-state index < -0.39 is 28.7 Å². The molecule has 0 aliphatic carbocycles. The number of nitrogens with one attached hydrogen (secondary N) is 1. The lowest BCUT2D eigenvalue weighted by Gasteiger charge is -2.33. The van der Waals surface area contributed by atoms with E-state index in [1.807, 2.05) is 0 Å². The van der Waals surface area contributed by atoms with Crippen molar-refractivity contribution in [3.8, 4) is 5.75 Å². The number of likely N-dealkylation sites (tertiary alicyclic amines) is 1. The van der Waals surface area contributed by atoms with E-state index in [-0.39, 0.29) is 28.8 Å². The minimum absolute atomic E-state index is 0.0778. The molecule has 1 N–H and O–H groups in total. The lowest BCUT2D eigenvalue weighted by molar-refractivity contribution is -0.153. The number of anilines is 1. The van der Waals surface area contributed by atoms with Crippen LogP contribution in [0.2, 0.25) is 0 Å². The molecular formula is C21H20F3N3O4S. The third-order valence-electron chi connectivity index (χ3n) is 5.24. The van der Waals surface area contributed by atoms with Crippen LogP contribution >= 0.6 is 0 Å². The first-order valence-electron chi connectivity index (χ1n) is 9.93. The molecule has 2 heterocycles. The van der Waals surface area contributed by atoms with Crippen molar-refractivity contribution >= 4 is 27.5 Å². The number of halogens is 3. The van der Waals surface area contributed by atoms with Crippen molar-refractivity contribution in [2.24, 2.45) is 10.3 Å². The van der Waals surface area contributed by atoms with Crippen LogP contribution in [0, 0.1) is 5.92 Å². The van der Waals surface area contributed by atoms with Crippen LogP contribution in [0.4, 0.5) is 18.9 Å². The van der Waals surface area contributed by atoms with Crippen LogP contribution in [-0.4, -0.2) is 50.9 Å². The van der Waals surface area contributed by atoms with Crippen molar-refractivity contribution in [1.29, 1.82) is 0 Å². The summed E-state index contributed by atoms with van der Waals surface area (Å²) < 4.78 is 70.9. The Labute approximate surface area is 182 Å². The highest BCUT2D eigenvalue weighted by Gasteiger charge is 2.35. The van der Waals surface area contributed by atoms with Gasteiger partial charge in [-0.1, -0.05) is 24.3 Å². The maximum Gasteiger partial charge on any atom is 0.422 e. The van der Waals surface area contributed by atoms with Gasteiger partial charge in [0.15, 0.2) is 12.4 Å². The van der Waals surface area contributed by atoms with E-state index in [1.54, 1.807) is 29.2 Å². The smallest absolute Gasteiger partial charge is 0.422 e. The first kappa shape index (κ1) is 22.1. The number of nitrogens with zero attached hydrogens (tertiary/aromatic N) is 2. The fourth-order valence-corrected chi connectivity index (χ4v) is 5.02. The van der Waals surface area contributed by atoms with Crippen LogP contribution in [0.3, 0.4) is 0 Å². The Hall–Kier alpha value is -3.08. The summed E-state index contributed by atoms with van der Waals surface area (Å²) in [5.74, 6) is -0.650. The van der Waals surface area contributed by atoms with Gasteiger partial charge in [-0.3, -0.25) is 4.79 Å². The SMILES string of the molecule is O=C(Nc1ccccc1OCC(F)(F)F)[C@@H]1CCCN(C2=NS(=O)(=O)c3ccccc32)C1. The highest BCUT2D eigenvalue weighted by molar-refractivity contribution is 7.90. The Bertz CT molecular complexity index is 1160. The van der Waals surface area contributed by atoms with Gasteiger partial charge in [0.2, 0.25) is 5.91 Å². The first-order chi connectivity index (χ1) is 15.1. The zero-order valence-corrected chi connectivity index (χ0v) is 17.6. The number of sulfonamides is 1. The van der Waals surface area contributed by atoms with Crippen LogP contribution in [-0.2, 0) is 14.8 Å². The molecule has 1 amide bonds. The van der Waals surface area contributed by atoms with Gasteiger partial charge in [0.25, 0.3) is 10.0 Å². The summed E-state index contributed by atoms with van der Waals surface area (Å²) in [6.07, 6.45) is -3.32. The van der Waals surface area contributed by atoms with E-state index in [1.165, 1.54) is 24.3 Å². The molecule has 0 unspecified atom stereocenters. The van der Waals surface area contributed by atoms with Crippen molar-refractivity contribution in [1.82, 2.24) is 4.90 Å². The van der Waals surface area contributed by atoms with Gasteiger partial charge in [0.05, 0.1) is 11.6 Å². The Morgan fingerprint density at radius 3 is 2.66 bits per heavy atom. The van der Waals surface area contributed by atoms with Gasteiger partial charge in [0, 0.05) is 18.7 Å². The molecule has 11 heteroatoms. The molecule has 0 spiro atoms. The number of hydrogen-bond donors (Lipinski definition) is 1. The van der Waals surface area contributed by atoms with Crippen LogP contribution in [0.15, 0.2) is 57.8 Å². The summed E-state index contributed by atoms with van der Waals surface area (Å²) >= 11 is 0. The summed E-state index contributed by atoms with van der Waals surface area (Å²) in [5.41, 5.74) is 0.643. The molecule has 2 aliphatic rings. The lowest BCUT2D eigenvalue weighted by atomic mass is 9.96. The molecule has 2 aromatic carbocycles. The number of hydrogen-bond acceptors (Lipinski definition) is 5. The molecule has 0 saturated carbocycles. The maximum absolute atomic E-state index is 12.9. The number of benzene rings is 2. The first-order valence-corrected chi connectivity index (χ1v) is 11.4. The zero-order valence-electron chi connectivity index (χ0n) is 16.8. The average molecular weight is 467 g/mol. The predicted octanol–water partition coefficient (Wildman–Crippen LogP) is 3.43. The van der Waals surface area contributed by atoms with Gasteiger partial charge < -0.3 is 15.0 Å². The van der Waals surface area contributed by atoms with E-state index in [0.717, 1.165) is 0 Å². The van der Waals surface area contributed by atoms with Gasteiger partial charge in [-0.2, -0.15) is 21.6 Å². The molecular weight excluding hydrogens is 447 g/mol. The number of carbonyl (C=O) groups excluding carboxylic acids is 1. The highest BCUT2D eigenvalue weighted by atomic mass is 32.2. The van der Waals surface area contributed by atoms with Gasteiger partial charge in [-0.15, -0.1) is 4.40 Å². The topological polar surface area (TPSA) is 88.1 Å². The second kappa shape index (κ2) is 8.45. The molecule has 1 saturated heterocycles. The molecule has 0 bridgehead atoms. The molecule has 0 radical (unpaired) electrons. The van der Waals surface area contributed by atoms with E-state index >= 15 is 0 Å². The number of para-hydroxylation sites is 2. The van der Waals surface area contributed by atoms with Crippen LogP contribution in [0.5, 0.6) is 5.75 Å². The standard InChI is InChI=1S/C21H20F3N3O4S/c22-21(23,24)13-31-17-9-3-2-8-16(17)25-20(28)14-6-5-11-27(12-14)19-15-7-1-4-10-18(15)32(29,30)26-19/h1-4,7-10,14H,5-6,11-13H2,(H,25,28)/t14-/m1/s1. The molecule has 170 valence electrons. The summed E-state index contributed by atoms with van der Waals surface area (Å²) in [5, 5.41) is 2.65. The molecule has 1 atom stereocenters. The highest BCUT2D eigenvalue weighted by Crippen LogP contribution is 2.31.